The van der Waals surface area contributed by atoms with Crippen LogP contribution in [0.25, 0.3) is 0 Å². The fourth-order valence-electron chi connectivity index (χ4n) is 3.19. The lowest BCUT2D eigenvalue weighted by molar-refractivity contribution is -0.942. The lowest BCUT2D eigenvalue weighted by atomic mass is 10.1. The van der Waals surface area contributed by atoms with Crippen molar-refractivity contribution in [3.63, 3.8) is 0 Å². The second-order valence-corrected chi connectivity index (χ2v) is 6.19. The molecule has 0 aliphatic carbocycles. The van der Waals surface area contributed by atoms with Gasteiger partial charge in [0.1, 0.15) is 6.20 Å². The molecule has 3 nitrogen and oxygen atoms in total. The number of nitrogens with zero attached hydrogens (tertiary/aromatic N) is 1. The van der Waals surface area contributed by atoms with Crippen LogP contribution in [0.5, 0.6) is 0 Å². The van der Waals surface area contributed by atoms with Gasteiger partial charge in [0.2, 0.25) is 0 Å². The molecule has 0 fully saturated rings. The van der Waals surface area contributed by atoms with Crippen LogP contribution in [0.4, 0.5) is 0 Å². The molecule has 1 rings (SSSR count). The molecule has 0 bridgehead atoms. The molecule has 0 aromatic carbocycles. The summed E-state index contributed by atoms with van der Waals surface area (Å²) in [6, 6.07) is 0. The summed E-state index contributed by atoms with van der Waals surface area (Å²) in [7, 11) is 0. The second-order valence-electron chi connectivity index (χ2n) is 6.19. The maximum absolute atomic E-state index is 10.1. The summed E-state index contributed by atoms with van der Waals surface area (Å²) >= 11 is 0. The van der Waals surface area contributed by atoms with E-state index in [0.29, 0.717) is 10.6 Å². The van der Waals surface area contributed by atoms with Gasteiger partial charge in [0.25, 0.3) is 0 Å². The Morgan fingerprint density at radius 1 is 1.14 bits per heavy atom. The van der Waals surface area contributed by atoms with Crippen LogP contribution in [0.1, 0.15) is 72.1 Å². The average Bonchev–Trinajstić information content (AvgIpc) is 2.89. The zero-order valence-electron chi connectivity index (χ0n) is 14.2. The molecule has 1 heterocycles. The SMILES string of the molecule is CCC/C=C/CCCCCCC1NC=C[N+]1(CC)C(C)O. The number of rotatable bonds is 11. The van der Waals surface area contributed by atoms with Gasteiger partial charge in [-0.25, -0.2) is 0 Å². The van der Waals surface area contributed by atoms with E-state index >= 15 is 0 Å². The van der Waals surface area contributed by atoms with E-state index in [1.54, 1.807) is 0 Å². The molecule has 0 radical (unpaired) electrons. The van der Waals surface area contributed by atoms with Crippen LogP contribution >= 0.6 is 0 Å². The highest BCUT2D eigenvalue weighted by molar-refractivity contribution is 4.84. The Morgan fingerprint density at radius 3 is 2.52 bits per heavy atom. The number of quaternary nitrogens is 1. The molecule has 0 spiro atoms. The number of hydrogen-bond acceptors (Lipinski definition) is 2. The number of hydrogen-bond donors (Lipinski definition) is 2. The lowest BCUT2D eigenvalue weighted by Crippen LogP contribution is -2.57. The van der Waals surface area contributed by atoms with E-state index < -0.39 is 0 Å². The summed E-state index contributed by atoms with van der Waals surface area (Å²) in [6.45, 7) is 7.21. The molecule has 1 aliphatic heterocycles. The number of unbranched alkanes of at least 4 members (excludes halogenated alkanes) is 5. The average molecular weight is 295 g/mol. The number of nitrogens with one attached hydrogen (secondary N) is 1. The van der Waals surface area contributed by atoms with Crippen molar-refractivity contribution in [1.82, 2.24) is 5.32 Å². The highest BCUT2D eigenvalue weighted by Gasteiger charge is 2.40. The van der Waals surface area contributed by atoms with Crippen LogP contribution in [0.15, 0.2) is 24.6 Å². The zero-order chi connectivity index (χ0) is 15.6. The van der Waals surface area contributed by atoms with Crippen molar-refractivity contribution in [3.05, 3.63) is 24.6 Å². The van der Waals surface area contributed by atoms with E-state index in [2.05, 4.69) is 37.5 Å². The Balaban J connectivity index is 2.15. The maximum atomic E-state index is 10.1. The van der Waals surface area contributed by atoms with Crippen LogP contribution in [0.3, 0.4) is 0 Å². The molecule has 21 heavy (non-hydrogen) atoms. The molecule has 0 saturated heterocycles. The van der Waals surface area contributed by atoms with E-state index in [-0.39, 0.29) is 6.23 Å². The van der Waals surface area contributed by atoms with Gasteiger partial charge in [0, 0.05) is 13.3 Å². The Labute approximate surface area is 131 Å². The normalized spacial score (nSPS) is 26.4. The summed E-state index contributed by atoms with van der Waals surface area (Å²) in [5.41, 5.74) is 0. The van der Waals surface area contributed by atoms with Gasteiger partial charge in [0.05, 0.1) is 12.7 Å². The smallest absolute Gasteiger partial charge is 0.193 e. The molecule has 122 valence electrons. The predicted octanol–water partition coefficient (Wildman–Crippen LogP) is 4.26. The summed E-state index contributed by atoms with van der Waals surface area (Å²) < 4.78 is 0.666. The molecular formula is C18H35N2O+. The Hall–Kier alpha value is -0.800. The molecule has 0 amide bonds. The Bertz CT molecular complexity index is 325. The van der Waals surface area contributed by atoms with E-state index in [9.17, 15) is 5.11 Å². The minimum atomic E-state index is -0.338. The quantitative estimate of drug-likeness (QED) is 0.339. The van der Waals surface area contributed by atoms with Gasteiger partial charge in [0.15, 0.2) is 12.4 Å². The Kier molecular flexibility index (Phi) is 8.70. The van der Waals surface area contributed by atoms with Gasteiger partial charge in [-0.2, -0.15) is 0 Å². The fraction of sp³-hybridized carbons (Fsp3) is 0.778. The number of allylic oxidation sites excluding steroid dienone is 2. The summed E-state index contributed by atoms with van der Waals surface area (Å²) in [5.74, 6) is 0. The third-order valence-corrected chi connectivity index (χ3v) is 4.68. The largest absolute Gasteiger partial charge is 0.345 e. The number of aliphatic hydroxyl groups is 1. The highest BCUT2D eigenvalue weighted by atomic mass is 16.3. The van der Waals surface area contributed by atoms with Crippen molar-refractivity contribution < 1.29 is 9.59 Å². The first-order valence-electron chi connectivity index (χ1n) is 8.81. The molecule has 3 atom stereocenters. The standard InChI is InChI=1S/C18H35N2O/c1-4-6-7-8-9-10-11-12-13-14-18-19-15-16-20(18,5-2)17(3)21/h7-8,15-19,21H,4-6,9-14H2,1-3H3/q+1/b8-7+. The van der Waals surface area contributed by atoms with Crippen LogP contribution in [-0.4, -0.2) is 28.5 Å². The van der Waals surface area contributed by atoms with Crippen LogP contribution in [0, 0.1) is 0 Å². The third-order valence-electron chi connectivity index (χ3n) is 4.68. The highest BCUT2D eigenvalue weighted by Crippen LogP contribution is 2.25. The van der Waals surface area contributed by atoms with Gasteiger partial charge in [-0.05, 0) is 32.6 Å². The minimum absolute atomic E-state index is 0.338. The van der Waals surface area contributed by atoms with Crippen LogP contribution in [-0.2, 0) is 0 Å². The van der Waals surface area contributed by atoms with Crippen LogP contribution in [0.2, 0.25) is 0 Å². The van der Waals surface area contributed by atoms with E-state index in [4.69, 9.17) is 0 Å². The van der Waals surface area contributed by atoms with E-state index in [1.807, 2.05) is 13.1 Å². The van der Waals surface area contributed by atoms with Gasteiger partial charge < -0.3 is 10.4 Å². The topological polar surface area (TPSA) is 32.3 Å². The van der Waals surface area contributed by atoms with Crippen molar-refractivity contribution in [1.29, 1.82) is 0 Å². The second kappa shape index (κ2) is 10.0. The van der Waals surface area contributed by atoms with E-state index in [0.717, 1.165) is 13.0 Å². The summed E-state index contributed by atoms with van der Waals surface area (Å²) in [4.78, 5) is 0. The Morgan fingerprint density at radius 2 is 1.86 bits per heavy atom. The number of aliphatic hydroxyl groups excluding tert-OH is 1. The molecular weight excluding hydrogens is 260 g/mol. The van der Waals surface area contributed by atoms with E-state index in [1.165, 1.54) is 44.9 Å². The van der Waals surface area contributed by atoms with Gasteiger partial charge in [-0.15, -0.1) is 0 Å². The van der Waals surface area contributed by atoms with Crippen molar-refractivity contribution in [3.8, 4) is 0 Å². The third kappa shape index (κ3) is 5.48. The minimum Gasteiger partial charge on any atom is -0.345 e. The monoisotopic (exact) mass is 295 g/mol. The van der Waals surface area contributed by atoms with Crippen molar-refractivity contribution in [2.24, 2.45) is 0 Å². The fourth-order valence-corrected chi connectivity index (χ4v) is 3.19. The maximum Gasteiger partial charge on any atom is 0.193 e. The van der Waals surface area contributed by atoms with Crippen molar-refractivity contribution >= 4 is 0 Å². The first-order chi connectivity index (χ1) is 10.2. The molecule has 0 aromatic rings. The van der Waals surface area contributed by atoms with Gasteiger partial charge >= 0.3 is 0 Å². The molecule has 3 unspecified atom stereocenters. The molecule has 0 saturated carbocycles. The molecule has 2 N–H and O–H groups in total. The zero-order valence-corrected chi connectivity index (χ0v) is 14.2. The lowest BCUT2D eigenvalue weighted by Gasteiger charge is -2.39. The van der Waals surface area contributed by atoms with Crippen molar-refractivity contribution in [2.75, 3.05) is 6.54 Å². The van der Waals surface area contributed by atoms with Gasteiger partial charge in [-0.3, -0.25) is 4.48 Å². The molecule has 0 aromatic heterocycles. The van der Waals surface area contributed by atoms with Crippen LogP contribution < -0.4 is 5.32 Å². The van der Waals surface area contributed by atoms with Crippen molar-refractivity contribution in [2.45, 2.75) is 84.5 Å². The summed E-state index contributed by atoms with van der Waals surface area (Å²) in [6.07, 6.45) is 18.8. The first kappa shape index (κ1) is 18.2. The summed E-state index contributed by atoms with van der Waals surface area (Å²) in [5, 5.41) is 13.5. The van der Waals surface area contributed by atoms with Gasteiger partial charge in [-0.1, -0.05) is 38.3 Å². The molecule has 3 heteroatoms. The first-order valence-corrected chi connectivity index (χ1v) is 8.81. The predicted molar refractivity (Wildman–Crippen MR) is 90.3 cm³/mol. The molecule has 1 aliphatic rings.